The van der Waals surface area contributed by atoms with Crippen LogP contribution in [0.4, 0.5) is 0 Å². The van der Waals surface area contributed by atoms with Gasteiger partial charge in [0.25, 0.3) is 11.8 Å². The molecular formula is C14H20N2O5S. The van der Waals surface area contributed by atoms with Gasteiger partial charge in [-0.3, -0.25) is 14.3 Å². The normalized spacial score (nSPS) is 12.6. The second-order valence-electron chi connectivity index (χ2n) is 5.16. The molecule has 0 spiro atoms. The van der Waals surface area contributed by atoms with Crippen LogP contribution in [0.5, 0.6) is 5.75 Å². The van der Waals surface area contributed by atoms with Crippen molar-refractivity contribution in [3.8, 4) is 5.75 Å². The predicted octanol–water partition coefficient (Wildman–Crippen LogP) is 0.525. The Kier molecular flexibility index (Phi) is 5.92. The maximum absolute atomic E-state index is 12.1. The van der Waals surface area contributed by atoms with Crippen LogP contribution in [0.2, 0.25) is 0 Å². The molecule has 0 heterocycles. The lowest BCUT2D eigenvalue weighted by Crippen LogP contribution is -2.50. The van der Waals surface area contributed by atoms with E-state index < -0.39 is 27.9 Å². The Labute approximate surface area is 130 Å². The fourth-order valence-electron chi connectivity index (χ4n) is 1.75. The summed E-state index contributed by atoms with van der Waals surface area (Å²) in [5.41, 5.74) is 0.346. The van der Waals surface area contributed by atoms with E-state index in [4.69, 9.17) is 4.74 Å². The van der Waals surface area contributed by atoms with Crippen molar-refractivity contribution in [1.82, 2.24) is 10.0 Å². The maximum Gasteiger partial charge on any atom is 0.256 e. The van der Waals surface area contributed by atoms with Crippen LogP contribution in [0, 0.1) is 5.92 Å². The van der Waals surface area contributed by atoms with Crippen LogP contribution in [0.25, 0.3) is 0 Å². The lowest BCUT2D eigenvalue weighted by Gasteiger charge is -2.21. The van der Waals surface area contributed by atoms with Crippen LogP contribution in [0.3, 0.4) is 0 Å². The Hall–Kier alpha value is -2.09. The van der Waals surface area contributed by atoms with Gasteiger partial charge in [0.2, 0.25) is 10.0 Å². The molecule has 0 aromatic heterocycles. The number of sulfonamides is 1. The molecule has 2 N–H and O–H groups in total. The van der Waals surface area contributed by atoms with Crippen molar-refractivity contribution in [3.63, 3.8) is 0 Å². The van der Waals surface area contributed by atoms with Gasteiger partial charge in [0.1, 0.15) is 11.8 Å². The molecule has 1 atom stereocenters. The summed E-state index contributed by atoms with van der Waals surface area (Å²) < 4.78 is 29.1. The van der Waals surface area contributed by atoms with Crippen molar-refractivity contribution >= 4 is 21.8 Å². The predicted molar refractivity (Wildman–Crippen MR) is 82.1 cm³/mol. The van der Waals surface area contributed by atoms with Crippen molar-refractivity contribution in [2.75, 3.05) is 13.4 Å². The van der Waals surface area contributed by atoms with E-state index in [1.54, 1.807) is 38.1 Å². The van der Waals surface area contributed by atoms with Crippen LogP contribution >= 0.6 is 0 Å². The quantitative estimate of drug-likeness (QED) is 0.793. The molecule has 0 aliphatic carbocycles. The minimum absolute atomic E-state index is 0.274. The fourth-order valence-corrected chi connectivity index (χ4v) is 2.24. The fraction of sp³-hybridized carbons (Fsp3) is 0.429. The van der Waals surface area contributed by atoms with Gasteiger partial charge >= 0.3 is 0 Å². The molecule has 0 saturated heterocycles. The second-order valence-corrected chi connectivity index (χ2v) is 6.91. The molecule has 0 saturated carbocycles. The number of amides is 2. The molecule has 1 aromatic carbocycles. The first kappa shape index (κ1) is 18.0. The minimum atomic E-state index is -3.68. The largest absolute Gasteiger partial charge is 0.497 e. The first-order valence-electron chi connectivity index (χ1n) is 6.60. The molecule has 7 nitrogen and oxygen atoms in total. The monoisotopic (exact) mass is 328 g/mol. The smallest absolute Gasteiger partial charge is 0.256 e. The summed E-state index contributed by atoms with van der Waals surface area (Å²) in [6.45, 7) is 3.42. The summed E-state index contributed by atoms with van der Waals surface area (Å²) in [5.74, 6) is -0.903. The molecule has 1 aromatic rings. The Morgan fingerprint density at radius 2 is 1.68 bits per heavy atom. The van der Waals surface area contributed by atoms with Gasteiger partial charge in [-0.25, -0.2) is 8.42 Å². The number of nitrogens with one attached hydrogen (secondary N) is 2. The highest BCUT2D eigenvalue weighted by Crippen LogP contribution is 2.12. The summed E-state index contributed by atoms with van der Waals surface area (Å²) in [4.78, 5) is 24.1. The molecule has 8 heteroatoms. The number of hydrogen-bond acceptors (Lipinski definition) is 5. The molecule has 0 aliphatic rings. The van der Waals surface area contributed by atoms with E-state index in [0.717, 1.165) is 6.26 Å². The molecule has 0 unspecified atom stereocenters. The Balaban J connectivity index is 2.85. The van der Waals surface area contributed by atoms with Gasteiger partial charge in [0.15, 0.2) is 0 Å². The van der Waals surface area contributed by atoms with E-state index in [1.165, 1.54) is 7.11 Å². The zero-order valence-electron chi connectivity index (χ0n) is 12.9. The summed E-state index contributed by atoms with van der Waals surface area (Å²) in [6, 6.07) is 5.40. The highest BCUT2D eigenvalue weighted by Gasteiger charge is 2.26. The number of benzene rings is 1. The second kappa shape index (κ2) is 7.26. The number of ether oxygens (including phenoxy) is 1. The Morgan fingerprint density at radius 1 is 1.14 bits per heavy atom. The number of methoxy groups -OCH3 is 1. The van der Waals surface area contributed by atoms with Crippen molar-refractivity contribution in [1.29, 1.82) is 0 Å². The molecular weight excluding hydrogens is 308 g/mol. The molecule has 22 heavy (non-hydrogen) atoms. The molecule has 0 radical (unpaired) electrons. The van der Waals surface area contributed by atoms with Gasteiger partial charge in [-0.2, -0.15) is 0 Å². The molecule has 0 fully saturated rings. The van der Waals surface area contributed by atoms with E-state index in [1.807, 2.05) is 4.72 Å². The summed E-state index contributed by atoms with van der Waals surface area (Å²) in [6.07, 6.45) is 0.883. The van der Waals surface area contributed by atoms with Gasteiger partial charge in [0.05, 0.1) is 13.4 Å². The zero-order chi connectivity index (χ0) is 16.9. The van der Waals surface area contributed by atoms with E-state index in [9.17, 15) is 18.0 Å². The van der Waals surface area contributed by atoms with Gasteiger partial charge in [-0.05, 0) is 30.2 Å². The summed E-state index contributed by atoms with van der Waals surface area (Å²) in [7, 11) is -2.17. The molecule has 0 aliphatic heterocycles. The zero-order valence-corrected chi connectivity index (χ0v) is 13.7. The van der Waals surface area contributed by atoms with Gasteiger partial charge in [0, 0.05) is 5.56 Å². The molecule has 0 bridgehead atoms. The van der Waals surface area contributed by atoms with Crippen LogP contribution in [-0.4, -0.2) is 39.6 Å². The highest BCUT2D eigenvalue weighted by atomic mass is 32.2. The van der Waals surface area contributed by atoms with Crippen molar-refractivity contribution < 1.29 is 22.7 Å². The molecule has 122 valence electrons. The van der Waals surface area contributed by atoms with E-state index in [0.29, 0.717) is 11.3 Å². The maximum atomic E-state index is 12.1. The Bertz CT molecular complexity index is 638. The lowest BCUT2D eigenvalue weighted by molar-refractivity contribution is -0.122. The van der Waals surface area contributed by atoms with Crippen LogP contribution in [0.15, 0.2) is 24.3 Å². The first-order chi connectivity index (χ1) is 10.1. The standard InChI is InChI=1S/C14H20N2O5S/c1-9(2)12(14(18)16-22(4,19)20)15-13(17)10-5-7-11(21-3)8-6-10/h5-9,12H,1-4H3,(H,15,17)(H,16,18)/t12-/m0/s1. The van der Waals surface area contributed by atoms with Crippen molar-refractivity contribution in [2.24, 2.45) is 5.92 Å². The van der Waals surface area contributed by atoms with E-state index >= 15 is 0 Å². The van der Waals surface area contributed by atoms with E-state index in [-0.39, 0.29) is 5.92 Å². The van der Waals surface area contributed by atoms with Crippen LogP contribution < -0.4 is 14.8 Å². The molecule has 2 amide bonds. The van der Waals surface area contributed by atoms with Crippen LogP contribution in [0.1, 0.15) is 24.2 Å². The summed E-state index contributed by atoms with van der Waals surface area (Å²) >= 11 is 0. The highest BCUT2D eigenvalue weighted by molar-refractivity contribution is 7.89. The third-order valence-corrected chi connectivity index (χ3v) is 3.45. The van der Waals surface area contributed by atoms with E-state index in [2.05, 4.69) is 5.32 Å². The van der Waals surface area contributed by atoms with Crippen molar-refractivity contribution in [3.05, 3.63) is 29.8 Å². The van der Waals surface area contributed by atoms with Gasteiger partial charge in [-0.15, -0.1) is 0 Å². The number of carbonyl (C=O) groups excluding carboxylic acids is 2. The first-order valence-corrected chi connectivity index (χ1v) is 8.49. The number of rotatable bonds is 6. The lowest BCUT2D eigenvalue weighted by atomic mass is 10.0. The van der Waals surface area contributed by atoms with Crippen LogP contribution in [-0.2, 0) is 14.8 Å². The van der Waals surface area contributed by atoms with Gasteiger partial charge in [-0.1, -0.05) is 13.8 Å². The average molecular weight is 328 g/mol. The van der Waals surface area contributed by atoms with Gasteiger partial charge < -0.3 is 10.1 Å². The number of hydrogen-bond donors (Lipinski definition) is 2. The SMILES string of the molecule is COc1ccc(C(=O)N[C@H](C(=O)NS(C)(=O)=O)C(C)C)cc1. The third kappa shape index (κ3) is 5.36. The third-order valence-electron chi connectivity index (χ3n) is 2.87. The summed E-state index contributed by atoms with van der Waals surface area (Å²) in [5, 5.41) is 2.54. The minimum Gasteiger partial charge on any atom is -0.497 e. The number of carbonyl (C=O) groups is 2. The average Bonchev–Trinajstić information content (AvgIpc) is 2.42. The molecule has 1 rings (SSSR count). The van der Waals surface area contributed by atoms with Crippen molar-refractivity contribution in [2.45, 2.75) is 19.9 Å². The Morgan fingerprint density at radius 3 is 2.09 bits per heavy atom. The topological polar surface area (TPSA) is 102 Å².